The number of esters is 1. The van der Waals surface area contributed by atoms with Crippen LogP contribution in [0.1, 0.15) is 32.6 Å². The zero-order chi connectivity index (χ0) is 26.7. The van der Waals surface area contributed by atoms with Crippen molar-refractivity contribution in [2.75, 3.05) is 12.0 Å². The lowest BCUT2D eigenvalue weighted by Gasteiger charge is -2.26. The molecule has 0 saturated carbocycles. The van der Waals surface area contributed by atoms with Gasteiger partial charge in [-0.05, 0) is 67.4 Å². The molecule has 0 atom stereocenters. The second-order valence-electron chi connectivity index (χ2n) is 8.47. The van der Waals surface area contributed by atoms with Gasteiger partial charge in [0, 0.05) is 0 Å². The Labute approximate surface area is 218 Å². The third kappa shape index (κ3) is 5.70. The van der Waals surface area contributed by atoms with Crippen LogP contribution in [0, 0.1) is 13.8 Å². The maximum absolute atomic E-state index is 13.1. The van der Waals surface area contributed by atoms with E-state index in [2.05, 4.69) is 16.1 Å². The van der Waals surface area contributed by atoms with Gasteiger partial charge < -0.3 is 9.47 Å². The van der Waals surface area contributed by atoms with Crippen molar-refractivity contribution in [1.82, 2.24) is 5.32 Å². The summed E-state index contributed by atoms with van der Waals surface area (Å²) in [6.07, 6.45) is 1.35. The van der Waals surface area contributed by atoms with Gasteiger partial charge in [0.05, 0.1) is 23.4 Å². The van der Waals surface area contributed by atoms with E-state index in [1.165, 1.54) is 37.5 Å². The van der Waals surface area contributed by atoms with E-state index in [4.69, 9.17) is 16.3 Å². The summed E-state index contributed by atoms with van der Waals surface area (Å²) in [7, 11) is 1.25. The number of barbiturate groups is 1. The average Bonchev–Trinajstić information content (AvgIpc) is 2.85. The summed E-state index contributed by atoms with van der Waals surface area (Å²) in [6, 6.07) is 15.8. The van der Waals surface area contributed by atoms with E-state index in [9.17, 15) is 19.2 Å². The number of urea groups is 1. The molecule has 8 nitrogen and oxygen atoms in total. The quantitative estimate of drug-likeness (QED) is 0.280. The van der Waals surface area contributed by atoms with Crippen molar-refractivity contribution in [3.63, 3.8) is 0 Å². The Kier molecular flexibility index (Phi) is 7.40. The Balaban J connectivity index is 1.55. The average molecular weight is 519 g/mol. The predicted octanol–water partition coefficient (Wildman–Crippen LogP) is 4.99. The summed E-state index contributed by atoms with van der Waals surface area (Å²) in [6.45, 7) is 4.36. The Bertz CT molecular complexity index is 1430. The number of nitrogens with zero attached hydrogens (tertiary/aromatic N) is 1. The number of amides is 4. The summed E-state index contributed by atoms with van der Waals surface area (Å²) >= 11 is 6.41. The molecule has 188 valence electrons. The van der Waals surface area contributed by atoms with Crippen molar-refractivity contribution in [3.8, 4) is 5.75 Å². The first-order chi connectivity index (χ1) is 17.7. The normalized spacial score (nSPS) is 14.5. The number of hydrogen-bond acceptors (Lipinski definition) is 6. The number of aryl methyl sites for hydroxylation is 2. The molecule has 0 unspecified atom stereocenters. The number of carbonyl (C=O) groups is 4. The van der Waals surface area contributed by atoms with Crippen LogP contribution in [0.5, 0.6) is 5.75 Å². The van der Waals surface area contributed by atoms with Crippen molar-refractivity contribution in [3.05, 3.63) is 99.1 Å². The first-order valence-electron chi connectivity index (χ1n) is 11.3. The summed E-state index contributed by atoms with van der Waals surface area (Å²) in [4.78, 5) is 50.5. The van der Waals surface area contributed by atoms with Gasteiger partial charge in [-0.1, -0.05) is 47.0 Å². The van der Waals surface area contributed by atoms with Crippen molar-refractivity contribution < 1.29 is 28.7 Å². The van der Waals surface area contributed by atoms with E-state index in [-0.39, 0.29) is 16.8 Å². The standard InChI is InChI=1S/C28H23ClN2O6/c1-16-10-17(2)12-19(11-16)15-37-24-9-4-18(14-23(24)29)13-22-25(32)30-28(35)31(26(22)33)21-7-5-20(6-8-21)27(34)36-3/h4-14H,15H2,1-3H3,(H,30,32,35)/b22-13+. The maximum atomic E-state index is 13.1. The molecule has 0 aromatic heterocycles. The van der Waals surface area contributed by atoms with Gasteiger partial charge in [0.1, 0.15) is 17.9 Å². The smallest absolute Gasteiger partial charge is 0.337 e. The van der Waals surface area contributed by atoms with Crippen molar-refractivity contribution in [2.24, 2.45) is 0 Å². The van der Waals surface area contributed by atoms with Crippen LogP contribution in [0.25, 0.3) is 6.08 Å². The monoisotopic (exact) mass is 518 g/mol. The number of nitrogens with one attached hydrogen (secondary N) is 1. The van der Waals surface area contributed by atoms with E-state index in [1.54, 1.807) is 18.2 Å². The number of rotatable bonds is 6. The van der Waals surface area contributed by atoms with E-state index in [0.717, 1.165) is 21.6 Å². The first kappa shape index (κ1) is 25.7. The molecule has 9 heteroatoms. The lowest BCUT2D eigenvalue weighted by atomic mass is 10.1. The van der Waals surface area contributed by atoms with Gasteiger partial charge in [-0.15, -0.1) is 0 Å². The van der Waals surface area contributed by atoms with Crippen LogP contribution < -0.4 is 15.0 Å². The number of benzene rings is 3. The molecule has 1 aliphatic heterocycles. The zero-order valence-electron chi connectivity index (χ0n) is 20.3. The van der Waals surface area contributed by atoms with E-state index < -0.39 is 23.8 Å². The van der Waals surface area contributed by atoms with Gasteiger partial charge in [-0.25, -0.2) is 14.5 Å². The molecule has 1 saturated heterocycles. The summed E-state index contributed by atoms with van der Waals surface area (Å²) in [5.74, 6) is -1.76. The topological polar surface area (TPSA) is 102 Å². The third-order valence-electron chi connectivity index (χ3n) is 5.59. The number of hydrogen-bond donors (Lipinski definition) is 1. The molecule has 3 aromatic carbocycles. The second-order valence-corrected chi connectivity index (χ2v) is 8.88. The number of anilines is 1. The summed E-state index contributed by atoms with van der Waals surface area (Å²) in [5.41, 5.74) is 3.92. The van der Waals surface area contributed by atoms with E-state index in [0.29, 0.717) is 22.9 Å². The molecule has 0 radical (unpaired) electrons. The fraction of sp³-hybridized carbons (Fsp3) is 0.143. The van der Waals surface area contributed by atoms with E-state index in [1.807, 2.05) is 26.0 Å². The fourth-order valence-corrected chi connectivity index (χ4v) is 4.20. The molecule has 3 aromatic rings. The number of ether oxygens (including phenoxy) is 2. The summed E-state index contributed by atoms with van der Waals surface area (Å²) < 4.78 is 10.5. The predicted molar refractivity (Wildman–Crippen MR) is 138 cm³/mol. The highest BCUT2D eigenvalue weighted by molar-refractivity contribution is 6.39. The Morgan fingerprint density at radius 2 is 1.65 bits per heavy atom. The van der Waals surface area contributed by atoms with Crippen LogP contribution in [-0.4, -0.2) is 30.9 Å². The van der Waals surface area contributed by atoms with Crippen LogP contribution in [0.2, 0.25) is 5.02 Å². The van der Waals surface area contributed by atoms with Gasteiger partial charge in [-0.2, -0.15) is 0 Å². The minimum atomic E-state index is -0.897. The molecular formula is C28H23ClN2O6. The second kappa shape index (κ2) is 10.7. The molecule has 0 spiro atoms. The molecule has 4 rings (SSSR count). The van der Waals surface area contributed by atoms with Gasteiger partial charge in [0.2, 0.25) is 0 Å². The van der Waals surface area contributed by atoms with Crippen molar-refractivity contribution >= 4 is 47.2 Å². The Morgan fingerprint density at radius 3 is 2.27 bits per heavy atom. The van der Waals surface area contributed by atoms with Crippen molar-refractivity contribution in [2.45, 2.75) is 20.5 Å². The molecule has 0 bridgehead atoms. The van der Waals surface area contributed by atoms with Crippen LogP contribution >= 0.6 is 11.6 Å². The van der Waals surface area contributed by atoms with Gasteiger partial charge in [0.15, 0.2) is 0 Å². The SMILES string of the molecule is COC(=O)c1ccc(N2C(=O)NC(=O)/C(=C\c3ccc(OCc4cc(C)cc(C)c4)c(Cl)c3)C2=O)cc1. The number of imide groups is 2. The molecule has 4 amide bonds. The van der Waals surface area contributed by atoms with E-state index >= 15 is 0 Å². The first-order valence-corrected chi connectivity index (χ1v) is 11.6. The van der Waals surface area contributed by atoms with Gasteiger partial charge >= 0.3 is 12.0 Å². The van der Waals surface area contributed by atoms with Gasteiger partial charge in [-0.3, -0.25) is 14.9 Å². The Hall–Kier alpha value is -4.43. The van der Waals surface area contributed by atoms with Crippen LogP contribution in [0.15, 0.2) is 66.2 Å². The highest BCUT2D eigenvalue weighted by atomic mass is 35.5. The number of halogens is 1. The number of methoxy groups -OCH3 is 1. The van der Waals surface area contributed by atoms with Crippen LogP contribution in [-0.2, 0) is 20.9 Å². The minimum Gasteiger partial charge on any atom is -0.487 e. The lowest BCUT2D eigenvalue weighted by Crippen LogP contribution is -2.54. The minimum absolute atomic E-state index is 0.182. The largest absolute Gasteiger partial charge is 0.487 e. The molecule has 1 N–H and O–H groups in total. The maximum Gasteiger partial charge on any atom is 0.337 e. The molecular weight excluding hydrogens is 496 g/mol. The molecule has 1 heterocycles. The van der Waals surface area contributed by atoms with Crippen LogP contribution in [0.4, 0.5) is 10.5 Å². The van der Waals surface area contributed by atoms with Crippen LogP contribution in [0.3, 0.4) is 0 Å². The fourth-order valence-electron chi connectivity index (χ4n) is 3.96. The molecule has 1 aliphatic rings. The Morgan fingerprint density at radius 1 is 0.973 bits per heavy atom. The highest BCUT2D eigenvalue weighted by Gasteiger charge is 2.36. The zero-order valence-corrected chi connectivity index (χ0v) is 21.1. The molecule has 37 heavy (non-hydrogen) atoms. The van der Waals surface area contributed by atoms with Crippen molar-refractivity contribution in [1.29, 1.82) is 0 Å². The number of carbonyl (C=O) groups excluding carboxylic acids is 4. The molecule has 0 aliphatic carbocycles. The van der Waals surface area contributed by atoms with Gasteiger partial charge in [0.25, 0.3) is 11.8 Å². The highest BCUT2D eigenvalue weighted by Crippen LogP contribution is 2.29. The molecule has 1 fully saturated rings. The third-order valence-corrected chi connectivity index (χ3v) is 5.89. The lowest BCUT2D eigenvalue weighted by molar-refractivity contribution is -0.122. The summed E-state index contributed by atoms with van der Waals surface area (Å²) in [5, 5.41) is 2.46.